The third-order valence-electron chi connectivity index (χ3n) is 8.09. The average molecular weight is 599 g/mol. The summed E-state index contributed by atoms with van der Waals surface area (Å²) in [5, 5.41) is 23.2. The number of rotatable bonds is 7. The zero-order valence-corrected chi connectivity index (χ0v) is 25.1. The van der Waals surface area contributed by atoms with E-state index in [1.807, 2.05) is 45.0 Å². The minimum absolute atomic E-state index is 0.0591. The van der Waals surface area contributed by atoms with Gasteiger partial charge in [0.25, 0.3) is 5.69 Å². The van der Waals surface area contributed by atoms with Crippen LogP contribution in [-0.2, 0) is 11.4 Å². The van der Waals surface area contributed by atoms with Crippen LogP contribution in [0, 0.1) is 42.2 Å². The summed E-state index contributed by atoms with van der Waals surface area (Å²) in [6.07, 6.45) is 1.34. The van der Waals surface area contributed by atoms with Crippen LogP contribution >= 0.6 is 11.6 Å². The fourth-order valence-corrected chi connectivity index (χ4v) is 6.18. The van der Waals surface area contributed by atoms with Crippen molar-refractivity contribution in [3.63, 3.8) is 0 Å². The van der Waals surface area contributed by atoms with E-state index in [0.717, 1.165) is 27.8 Å². The summed E-state index contributed by atoms with van der Waals surface area (Å²) in [5.74, 6) is 0.236. The second-order valence-electron chi connectivity index (χ2n) is 10.8. The van der Waals surface area contributed by atoms with Crippen molar-refractivity contribution in [2.45, 2.75) is 52.6 Å². The maximum absolute atomic E-state index is 13.7. The van der Waals surface area contributed by atoms with Crippen molar-refractivity contribution in [2.24, 2.45) is 5.73 Å². The van der Waals surface area contributed by atoms with Crippen LogP contribution in [0.3, 0.4) is 0 Å². The number of ether oxygens (including phenoxy) is 2. The number of aryl methyl sites for hydroxylation is 3. The van der Waals surface area contributed by atoms with Gasteiger partial charge in [-0.15, -0.1) is 0 Å². The molecule has 0 saturated carbocycles. The normalized spacial score (nSPS) is 16.6. The number of benzene rings is 3. The highest BCUT2D eigenvalue weighted by Crippen LogP contribution is 2.49. The smallest absolute Gasteiger partial charge is 0.296 e. The lowest BCUT2D eigenvalue weighted by atomic mass is 9.74. The van der Waals surface area contributed by atoms with Gasteiger partial charge in [-0.2, -0.15) is 5.26 Å². The van der Waals surface area contributed by atoms with Gasteiger partial charge >= 0.3 is 0 Å². The van der Waals surface area contributed by atoms with Crippen LogP contribution in [0.4, 0.5) is 11.4 Å². The van der Waals surface area contributed by atoms with E-state index in [1.165, 1.54) is 24.1 Å². The number of hydrogen-bond acceptors (Lipinski definition) is 8. The standard InChI is InChI=1S/C33H31ClN4O5/c1-18-12-19(2)24(14-21(18)17-43-30-11-8-22(34)13-20(30)3)31-25(16-35)33(36)37(27-6-5-7-29(39)32(27)31)26-10-9-23(42-4)15-28(26)38(40)41/h8-15,31H,5-7,17,36H2,1-4H3. The summed E-state index contributed by atoms with van der Waals surface area (Å²) >= 11 is 6.11. The molecule has 1 aliphatic heterocycles. The molecule has 0 fully saturated rings. The maximum atomic E-state index is 13.7. The Labute approximate surface area is 254 Å². The number of ketones is 1. The van der Waals surface area contributed by atoms with E-state index >= 15 is 0 Å². The summed E-state index contributed by atoms with van der Waals surface area (Å²) in [6.45, 7) is 6.11. The van der Waals surface area contributed by atoms with Crippen LogP contribution in [-0.4, -0.2) is 17.8 Å². The fraction of sp³-hybridized carbons (Fsp3) is 0.273. The molecule has 0 aromatic heterocycles. The van der Waals surface area contributed by atoms with Crippen LogP contribution in [0.2, 0.25) is 5.02 Å². The Morgan fingerprint density at radius 3 is 2.53 bits per heavy atom. The van der Waals surface area contributed by atoms with Gasteiger partial charge in [0.1, 0.15) is 29.6 Å². The Kier molecular flexibility index (Phi) is 8.16. The molecule has 220 valence electrons. The molecule has 10 heteroatoms. The van der Waals surface area contributed by atoms with Crippen molar-refractivity contribution in [3.05, 3.63) is 114 Å². The summed E-state index contributed by atoms with van der Waals surface area (Å²) in [4.78, 5) is 26.8. The average Bonchev–Trinajstić information content (AvgIpc) is 2.97. The fourth-order valence-electron chi connectivity index (χ4n) is 5.95. The number of methoxy groups -OCH3 is 1. The van der Waals surface area contributed by atoms with Gasteiger partial charge < -0.3 is 15.2 Å². The molecule has 0 amide bonds. The SMILES string of the molecule is COc1ccc(N2C(N)=C(C#N)C(c3cc(COc4ccc(Cl)cc4C)c(C)cc3C)C3=C2CCCC3=O)c([N+](=O)[O-])c1. The monoisotopic (exact) mass is 598 g/mol. The molecule has 3 aromatic carbocycles. The van der Waals surface area contributed by atoms with Gasteiger partial charge in [-0.1, -0.05) is 23.7 Å². The van der Waals surface area contributed by atoms with Crippen molar-refractivity contribution in [3.8, 4) is 17.6 Å². The highest BCUT2D eigenvalue weighted by molar-refractivity contribution is 6.30. The van der Waals surface area contributed by atoms with Crippen LogP contribution in [0.1, 0.15) is 53.0 Å². The zero-order valence-electron chi connectivity index (χ0n) is 24.4. The Bertz CT molecular complexity index is 1770. The molecule has 0 saturated heterocycles. The second kappa shape index (κ2) is 11.8. The molecular formula is C33H31ClN4O5. The van der Waals surface area contributed by atoms with Gasteiger partial charge in [-0.3, -0.25) is 19.8 Å². The van der Waals surface area contributed by atoms with Crippen LogP contribution < -0.4 is 20.1 Å². The topological polar surface area (TPSA) is 132 Å². The lowest BCUT2D eigenvalue weighted by Crippen LogP contribution is -2.39. The highest BCUT2D eigenvalue weighted by atomic mass is 35.5. The van der Waals surface area contributed by atoms with Crippen LogP contribution in [0.25, 0.3) is 0 Å². The number of nitro groups is 1. The molecule has 43 heavy (non-hydrogen) atoms. The van der Waals surface area contributed by atoms with E-state index in [9.17, 15) is 20.2 Å². The quantitative estimate of drug-likeness (QED) is 0.226. The summed E-state index contributed by atoms with van der Waals surface area (Å²) in [7, 11) is 1.42. The predicted molar refractivity (Wildman–Crippen MR) is 164 cm³/mol. The molecule has 0 radical (unpaired) electrons. The number of allylic oxidation sites excluding steroid dienone is 3. The number of carbonyl (C=O) groups excluding carboxylic acids is 1. The van der Waals surface area contributed by atoms with Crippen LogP contribution in [0.15, 0.2) is 71.2 Å². The summed E-state index contributed by atoms with van der Waals surface area (Å²) in [6, 6.07) is 16.1. The summed E-state index contributed by atoms with van der Waals surface area (Å²) < 4.78 is 11.4. The number of carbonyl (C=O) groups is 1. The van der Waals surface area contributed by atoms with Crippen LogP contribution in [0.5, 0.6) is 11.5 Å². The largest absolute Gasteiger partial charge is 0.496 e. The molecule has 1 unspecified atom stereocenters. The van der Waals surface area contributed by atoms with Gasteiger partial charge in [-0.25, -0.2) is 0 Å². The van der Waals surface area contributed by atoms with E-state index in [1.54, 1.807) is 12.1 Å². The van der Waals surface area contributed by atoms with E-state index < -0.39 is 10.8 Å². The number of anilines is 1. The first-order valence-corrected chi connectivity index (χ1v) is 14.2. The van der Waals surface area contributed by atoms with E-state index in [0.29, 0.717) is 47.1 Å². The van der Waals surface area contributed by atoms with Crippen molar-refractivity contribution >= 4 is 28.8 Å². The van der Waals surface area contributed by atoms with Crippen molar-refractivity contribution in [1.82, 2.24) is 0 Å². The number of halogens is 1. The Morgan fingerprint density at radius 1 is 1.09 bits per heavy atom. The zero-order chi connectivity index (χ0) is 31.0. The molecule has 0 spiro atoms. The molecule has 2 aliphatic rings. The van der Waals surface area contributed by atoms with Crippen molar-refractivity contribution in [2.75, 3.05) is 12.0 Å². The predicted octanol–water partition coefficient (Wildman–Crippen LogP) is 7.07. The lowest BCUT2D eigenvalue weighted by Gasteiger charge is -2.39. The molecule has 9 nitrogen and oxygen atoms in total. The maximum Gasteiger partial charge on any atom is 0.296 e. The van der Waals surface area contributed by atoms with E-state index in [2.05, 4.69) is 6.07 Å². The molecule has 5 rings (SSSR count). The lowest BCUT2D eigenvalue weighted by molar-refractivity contribution is -0.384. The molecular weight excluding hydrogens is 568 g/mol. The number of Topliss-reactive ketones (excluding diaryl/α,β-unsaturated/α-hetero) is 1. The molecule has 1 heterocycles. The van der Waals surface area contributed by atoms with Gasteiger partial charge in [0.15, 0.2) is 5.78 Å². The first-order valence-electron chi connectivity index (χ1n) is 13.8. The molecule has 1 aliphatic carbocycles. The van der Waals surface area contributed by atoms with E-state index in [4.69, 9.17) is 26.8 Å². The van der Waals surface area contributed by atoms with Gasteiger partial charge in [0.2, 0.25) is 0 Å². The Hall–Kier alpha value is -4.81. The molecule has 0 bridgehead atoms. The number of nitrogens with two attached hydrogens (primary N) is 1. The number of nitrogens with zero attached hydrogens (tertiary/aromatic N) is 3. The first-order chi connectivity index (χ1) is 20.5. The third kappa shape index (κ3) is 5.42. The molecule has 1 atom stereocenters. The minimum Gasteiger partial charge on any atom is -0.496 e. The summed E-state index contributed by atoms with van der Waals surface area (Å²) in [5.41, 5.74) is 12.3. The number of nitriles is 1. The Morgan fingerprint density at radius 2 is 1.86 bits per heavy atom. The van der Waals surface area contributed by atoms with Crippen molar-refractivity contribution in [1.29, 1.82) is 5.26 Å². The van der Waals surface area contributed by atoms with Crippen molar-refractivity contribution < 1.29 is 19.2 Å². The van der Waals surface area contributed by atoms with Gasteiger partial charge in [-0.05, 0) is 91.8 Å². The first kappa shape index (κ1) is 29.7. The molecule has 2 N–H and O–H groups in total. The molecule has 3 aromatic rings. The highest BCUT2D eigenvalue weighted by Gasteiger charge is 2.42. The Balaban J connectivity index is 1.65. The minimum atomic E-state index is -0.724. The van der Waals surface area contributed by atoms with E-state index in [-0.39, 0.29) is 35.2 Å². The van der Waals surface area contributed by atoms with Gasteiger partial charge in [0.05, 0.1) is 35.7 Å². The number of hydrogen-bond donors (Lipinski definition) is 1. The van der Waals surface area contributed by atoms with Gasteiger partial charge in [0, 0.05) is 22.7 Å². The third-order valence-corrected chi connectivity index (χ3v) is 8.32. The number of nitro benzene ring substituents is 1. The second-order valence-corrected chi connectivity index (χ2v) is 11.2.